The summed E-state index contributed by atoms with van der Waals surface area (Å²) in [6.45, 7) is 5.40. The molecular formula is C15H19N3O3. The molecule has 2 heterocycles. The summed E-state index contributed by atoms with van der Waals surface area (Å²) in [5, 5.41) is 10.9. The van der Waals surface area contributed by atoms with Crippen molar-refractivity contribution in [3.05, 3.63) is 33.9 Å². The van der Waals surface area contributed by atoms with E-state index in [2.05, 4.69) is 9.80 Å². The van der Waals surface area contributed by atoms with Gasteiger partial charge in [0.05, 0.1) is 4.92 Å². The van der Waals surface area contributed by atoms with Gasteiger partial charge in [0.1, 0.15) is 0 Å². The van der Waals surface area contributed by atoms with Crippen LogP contribution >= 0.6 is 0 Å². The second kappa shape index (κ2) is 5.44. The van der Waals surface area contributed by atoms with E-state index in [0.29, 0.717) is 11.6 Å². The van der Waals surface area contributed by atoms with Crippen LogP contribution in [-0.4, -0.2) is 47.8 Å². The van der Waals surface area contributed by atoms with Gasteiger partial charge in [0, 0.05) is 49.1 Å². The van der Waals surface area contributed by atoms with Crippen molar-refractivity contribution in [3.8, 4) is 0 Å². The average Bonchev–Trinajstić information content (AvgIpc) is 2.93. The van der Waals surface area contributed by atoms with Gasteiger partial charge in [0.25, 0.3) is 5.69 Å². The zero-order valence-electron chi connectivity index (χ0n) is 12.1. The molecule has 6 heteroatoms. The Morgan fingerprint density at radius 1 is 1.33 bits per heavy atom. The highest BCUT2D eigenvalue weighted by molar-refractivity contribution is 6.00. The molecule has 0 bridgehead atoms. The number of hydrogen-bond donors (Lipinski definition) is 0. The maximum atomic E-state index is 11.9. The van der Waals surface area contributed by atoms with Crippen LogP contribution in [0, 0.1) is 10.1 Å². The fourth-order valence-electron chi connectivity index (χ4n) is 3.41. The molecule has 1 aromatic rings. The Bertz CT molecular complexity index is 588. The third-order valence-corrected chi connectivity index (χ3v) is 4.50. The fourth-order valence-corrected chi connectivity index (χ4v) is 3.41. The number of carbonyl (C=O) groups excluding carboxylic acids is 1. The summed E-state index contributed by atoms with van der Waals surface area (Å²) in [7, 11) is 0. The number of carbonyl (C=O) groups is 1. The van der Waals surface area contributed by atoms with Crippen LogP contribution in [0.4, 0.5) is 11.4 Å². The zero-order chi connectivity index (χ0) is 15.0. The first kappa shape index (κ1) is 14.0. The number of ketones is 1. The molecule has 0 saturated carbocycles. The van der Waals surface area contributed by atoms with Gasteiger partial charge in [-0.05, 0) is 32.4 Å². The largest absolute Gasteiger partial charge is 0.368 e. The molecule has 0 aliphatic carbocycles. The normalized spacial score (nSPS) is 22.1. The predicted molar refractivity (Wildman–Crippen MR) is 79.9 cm³/mol. The highest BCUT2D eigenvalue weighted by Gasteiger charge is 2.31. The maximum Gasteiger partial charge on any atom is 0.270 e. The van der Waals surface area contributed by atoms with E-state index in [4.69, 9.17) is 0 Å². The van der Waals surface area contributed by atoms with Crippen LogP contribution in [0.2, 0.25) is 0 Å². The highest BCUT2D eigenvalue weighted by Crippen LogP contribution is 2.30. The van der Waals surface area contributed by atoms with Crippen molar-refractivity contribution >= 4 is 17.2 Å². The number of non-ortho nitro benzene ring substituents is 1. The van der Waals surface area contributed by atoms with Crippen LogP contribution < -0.4 is 4.90 Å². The molecule has 0 amide bonds. The van der Waals surface area contributed by atoms with E-state index in [1.165, 1.54) is 38.4 Å². The maximum absolute atomic E-state index is 11.9. The van der Waals surface area contributed by atoms with E-state index in [0.717, 1.165) is 25.3 Å². The molecule has 0 aromatic heterocycles. The van der Waals surface area contributed by atoms with Gasteiger partial charge in [-0.15, -0.1) is 0 Å². The van der Waals surface area contributed by atoms with Gasteiger partial charge in [0.15, 0.2) is 5.78 Å². The zero-order valence-corrected chi connectivity index (χ0v) is 12.1. The van der Waals surface area contributed by atoms with Gasteiger partial charge in [-0.3, -0.25) is 19.8 Å². The van der Waals surface area contributed by atoms with E-state index < -0.39 is 4.92 Å². The van der Waals surface area contributed by atoms with Crippen molar-refractivity contribution in [2.75, 3.05) is 31.1 Å². The third kappa shape index (κ3) is 2.63. The van der Waals surface area contributed by atoms with Gasteiger partial charge in [-0.1, -0.05) is 0 Å². The van der Waals surface area contributed by atoms with Gasteiger partial charge < -0.3 is 4.90 Å². The number of Topliss-reactive ketones (excluding diaryl/α,β-unsaturated/α-hetero) is 1. The van der Waals surface area contributed by atoms with Crippen LogP contribution in [0.15, 0.2) is 18.2 Å². The smallest absolute Gasteiger partial charge is 0.270 e. The predicted octanol–water partition coefficient (Wildman–Crippen LogP) is 2.08. The Balaban J connectivity index is 1.90. The monoisotopic (exact) mass is 289 g/mol. The summed E-state index contributed by atoms with van der Waals surface area (Å²) in [5.74, 6) is -0.123. The van der Waals surface area contributed by atoms with Crippen molar-refractivity contribution in [1.82, 2.24) is 4.90 Å². The number of nitro groups is 1. The molecule has 6 nitrogen and oxygen atoms in total. The Morgan fingerprint density at radius 2 is 2.14 bits per heavy atom. The van der Waals surface area contributed by atoms with Crippen LogP contribution in [0.1, 0.15) is 30.1 Å². The molecule has 1 atom stereocenters. The average molecular weight is 289 g/mol. The van der Waals surface area contributed by atoms with Gasteiger partial charge in [0.2, 0.25) is 0 Å². The summed E-state index contributed by atoms with van der Waals surface area (Å²) in [5.41, 5.74) is 1.26. The van der Waals surface area contributed by atoms with E-state index >= 15 is 0 Å². The summed E-state index contributed by atoms with van der Waals surface area (Å²) in [4.78, 5) is 27.0. The molecule has 2 aliphatic rings. The number of rotatable bonds is 3. The van der Waals surface area contributed by atoms with Crippen molar-refractivity contribution in [3.63, 3.8) is 0 Å². The molecule has 0 N–H and O–H groups in total. The van der Waals surface area contributed by atoms with Crippen LogP contribution in [0.5, 0.6) is 0 Å². The lowest BCUT2D eigenvalue weighted by atomic mass is 10.0. The number of benzene rings is 1. The van der Waals surface area contributed by atoms with Crippen molar-refractivity contribution in [1.29, 1.82) is 0 Å². The van der Waals surface area contributed by atoms with Crippen LogP contribution in [0.25, 0.3) is 0 Å². The molecular weight excluding hydrogens is 270 g/mol. The molecule has 112 valence electrons. The Morgan fingerprint density at radius 3 is 2.86 bits per heavy atom. The summed E-state index contributed by atoms with van der Waals surface area (Å²) in [6, 6.07) is 5.16. The van der Waals surface area contributed by atoms with E-state index in [9.17, 15) is 14.9 Å². The Kier molecular flexibility index (Phi) is 3.63. The number of piperazine rings is 1. The molecule has 1 unspecified atom stereocenters. The Hall–Kier alpha value is -1.95. The number of fused-ring (bicyclic) bond motifs is 1. The minimum absolute atomic E-state index is 0.0246. The third-order valence-electron chi connectivity index (χ3n) is 4.50. The first-order valence-electron chi connectivity index (χ1n) is 7.34. The molecule has 0 spiro atoms. The van der Waals surface area contributed by atoms with Crippen LogP contribution in [0.3, 0.4) is 0 Å². The molecule has 21 heavy (non-hydrogen) atoms. The lowest BCUT2D eigenvalue weighted by molar-refractivity contribution is -0.384. The van der Waals surface area contributed by atoms with Crippen molar-refractivity contribution in [2.24, 2.45) is 0 Å². The SMILES string of the molecule is CC(=O)c1cc([N+](=O)[O-])ccc1N1CCN2CCCC2C1. The summed E-state index contributed by atoms with van der Waals surface area (Å²) in [6.07, 6.45) is 2.43. The molecule has 2 fully saturated rings. The standard InChI is InChI=1S/C15H19N3O3/c1-11(19)14-9-12(18(20)21)4-5-15(14)17-8-7-16-6-2-3-13(16)10-17/h4-5,9,13H,2-3,6-8,10H2,1H3. The van der Waals surface area contributed by atoms with Gasteiger partial charge >= 0.3 is 0 Å². The molecule has 2 saturated heterocycles. The van der Waals surface area contributed by atoms with Crippen molar-refractivity contribution < 1.29 is 9.72 Å². The second-order valence-corrected chi connectivity index (χ2v) is 5.79. The molecule has 0 radical (unpaired) electrons. The lowest BCUT2D eigenvalue weighted by Crippen LogP contribution is -2.50. The fraction of sp³-hybridized carbons (Fsp3) is 0.533. The number of nitro benzene ring substituents is 1. The second-order valence-electron chi connectivity index (χ2n) is 5.79. The van der Waals surface area contributed by atoms with Gasteiger partial charge in [-0.25, -0.2) is 0 Å². The topological polar surface area (TPSA) is 66.7 Å². The Labute approximate surface area is 123 Å². The van der Waals surface area contributed by atoms with Crippen molar-refractivity contribution in [2.45, 2.75) is 25.8 Å². The van der Waals surface area contributed by atoms with E-state index in [1.807, 2.05) is 0 Å². The molecule has 3 rings (SSSR count). The first-order chi connectivity index (χ1) is 10.1. The van der Waals surface area contributed by atoms with E-state index in [-0.39, 0.29) is 11.5 Å². The minimum atomic E-state index is -0.453. The first-order valence-corrected chi connectivity index (χ1v) is 7.34. The molecule has 2 aliphatic heterocycles. The lowest BCUT2D eigenvalue weighted by Gasteiger charge is -2.39. The highest BCUT2D eigenvalue weighted by atomic mass is 16.6. The number of hydrogen-bond acceptors (Lipinski definition) is 5. The van der Waals surface area contributed by atoms with Crippen LogP contribution in [-0.2, 0) is 0 Å². The molecule has 1 aromatic carbocycles. The summed E-state index contributed by atoms with van der Waals surface area (Å²) < 4.78 is 0. The van der Waals surface area contributed by atoms with E-state index in [1.54, 1.807) is 6.07 Å². The number of anilines is 1. The summed E-state index contributed by atoms with van der Waals surface area (Å²) >= 11 is 0. The number of nitrogens with zero attached hydrogens (tertiary/aromatic N) is 3. The quantitative estimate of drug-likeness (QED) is 0.484. The minimum Gasteiger partial charge on any atom is -0.368 e. The van der Waals surface area contributed by atoms with Gasteiger partial charge in [-0.2, -0.15) is 0 Å².